The molecule has 0 fully saturated rings. The van der Waals surface area contributed by atoms with Crippen molar-refractivity contribution in [3.63, 3.8) is 0 Å². The second-order valence-corrected chi connectivity index (χ2v) is 8.52. The summed E-state index contributed by atoms with van der Waals surface area (Å²) < 4.78 is 29.7. The maximum Gasteiger partial charge on any atom is 0.329 e. The highest BCUT2D eigenvalue weighted by Crippen LogP contribution is 2.32. The Morgan fingerprint density at radius 1 is 1.00 bits per heavy atom. The zero-order valence-corrected chi connectivity index (χ0v) is 17.1. The number of nitrogens with zero attached hydrogens (tertiary/aromatic N) is 2. The van der Waals surface area contributed by atoms with Crippen LogP contribution in [0.15, 0.2) is 51.0 Å². The fraction of sp³-hybridized carbons (Fsp3) is 0.300. The number of sulfone groups is 1. The van der Waals surface area contributed by atoms with Gasteiger partial charge in [0.15, 0.2) is 0 Å². The molecule has 1 N–H and O–H groups in total. The highest BCUT2D eigenvalue weighted by atomic mass is 32.2. The molecule has 1 heterocycles. The van der Waals surface area contributed by atoms with Gasteiger partial charge in [-0.25, -0.2) is 13.2 Å². The molecule has 0 radical (unpaired) electrons. The van der Waals surface area contributed by atoms with E-state index in [-0.39, 0.29) is 27.1 Å². The van der Waals surface area contributed by atoms with Gasteiger partial charge in [-0.1, -0.05) is 17.7 Å². The number of fused-ring (bicyclic) bond motifs is 1. The second kappa shape index (κ2) is 7.27. The van der Waals surface area contributed by atoms with E-state index in [1.807, 2.05) is 20.8 Å². The molecule has 0 aliphatic carbocycles. The van der Waals surface area contributed by atoms with E-state index in [0.717, 1.165) is 5.56 Å². The number of nitrogens with one attached hydrogen (secondary N) is 1. The van der Waals surface area contributed by atoms with Gasteiger partial charge in [-0.05, 0) is 45.0 Å². The predicted octanol–water partition coefficient (Wildman–Crippen LogP) is 2.94. The van der Waals surface area contributed by atoms with Crippen LogP contribution in [-0.2, 0) is 27.7 Å². The van der Waals surface area contributed by atoms with Crippen molar-refractivity contribution >= 4 is 32.5 Å². The van der Waals surface area contributed by atoms with Crippen LogP contribution >= 0.6 is 0 Å². The van der Waals surface area contributed by atoms with Crippen LogP contribution in [0.25, 0.3) is 11.0 Å². The molecular weight excluding hydrogens is 378 g/mol. The van der Waals surface area contributed by atoms with Crippen LogP contribution in [0.3, 0.4) is 0 Å². The SMILES string of the molecule is CCn1c(=O)n(CC)c2cc(S(=O)(=O)c3ccc(C)cc3)c(NC(C)=O)cc21. The van der Waals surface area contributed by atoms with E-state index in [4.69, 9.17) is 0 Å². The zero-order valence-electron chi connectivity index (χ0n) is 16.3. The molecule has 3 aromatic rings. The third-order valence-electron chi connectivity index (χ3n) is 4.68. The van der Waals surface area contributed by atoms with Crippen LogP contribution < -0.4 is 11.0 Å². The average molecular weight is 401 g/mol. The number of hydrogen-bond donors (Lipinski definition) is 1. The Morgan fingerprint density at radius 3 is 2.04 bits per heavy atom. The van der Waals surface area contributed by atoms with Crippen molar-refractivity contribution in [1.82, 2.24) is 9.13 Å². The summed E-state index contributed by atoms with van der Waals surface area (Å²) >= 11 is 0. The lowest BCUT2D eigenvalue weighted by atomic mass is 10.2. The molecule has 3 rings (SSSR count). The van der Waals surface area contributed by atoms with Crippen molar-refractivity contribution in [2.24, 2.45) is 0 Å². The number of aromatic nitrogens is 2. The van der Waals surface area contributed by atoms with Crippen molar-refractivity contribution in [1.29, 1.82) is 0 Å². The maximum absolute atomic E-state index is 13.3. The van der Waals surface area contributed by atoms with Gasteiger partial charge in [0.25, 0.3) is 0 Å². The Kier molecular flexibility index (Phi) is 5.16. The number of imidazole rings is 1. The van der Waals surface area contributed by atoms with Gasteiger partial charge in [0, 0.05) is 20.0 Å². The normalized spacial score (nSPS) is 11.7. The Morgan fingerprint density at radius 2 is 1.54 bits per heavy atom. The summed E-state index contributed by atoms with van der Waals surface area (Å²) in [6.07, 6.45) is 0. The number of benzene rings is 2. The Bertz CT molecular complexity index is 1220. The molecule has 1 amide bonds. The topological polar surface area (TPSA) is 90.2 Å². The molecule has 28 heavy (non-hydrogen) atoms. The van der Waals surface area contributed by atoms with E-state index in [9.17, 15) is 18.0 Å². The molecule has 0 bridgehead atoms. The number of amides is 1. The lowest BCUT2D eigenvalue weighted by Crippen LogP contribution is -2.23. The summed E-state index contributed by atoms with van der Waals surface area (Å²) in [6.45, 7) is 7.71. The van der Waals surface area contributed by atoms with E-state index >= 15 is 0 Å². The van der Waals surface area contributed by atoms with Gasteiger partial charge < -0.3 is 5.32 Å². The molecular formula is C20H23N3O4S. The van der Waals surface area contributed by atoms with Gasteiger partial charge in [0.1, 0.15) is 0 Å². The summed E-state index contributed by atoms with van der Waals surface area (Å²) in [5, 5.41) is 2.61. The second-order valence-electron chi connectivity index (χ2n) is 6.61. The highest BCUT2D eigenvalue weighted by Gasteiger charge is 2.25. The Labute approximate surface area is 163 Å². The minimum atomic E-state index is -3.90. The van der Waals surface area contributed by atoms with Crippen molar-refractivity contribution in [2.45, 2.75) is 50.6 Å². The fourth-order valence-corrected chi connectivity index (χ4v) is 4.72. The molecule has 0 spiro atoms. The van der Waals surface area contributed by atoms with E-state index in [1.54, 1.807) is 22.8 Å². The lowest BCUT2D eigenvalue weighted by Gasteiger charge is -2.13. The molecule has 7 nitrogen and oxygen atoms in total. The third-order valence-corrected chi connectivity index (χ3v) is 6.49. The standard InChI is InChI=1S/C20H23N3O4S/c1-5-22-17-11-16(21-14(4)24)19(12-18(17)23(6-2)20(22)25)28(26,27)15-9-7-13(3)8-10-15/h7-12H,5-6H2,1-4H3,(H,21,24). The molecule has 0 unspecified atom stereocenters. The number of aryl methyl sites for hydroxylation is 3. The van der Waals surface area contributed by atoms with Gasteiger partial charge in [0.05, 0.1) is 26.5 Å². The minimum Gasteiger partial charge on any atom is -0.325 e. The van der Waals surface area contributed by atoms with Crippen molar-refractivity contribution in [2.75, 3.05) is 5.32 Å². The van der Waals surface area contributed by atoms with E-state index < -0.39 is 9.84 Å². The van der Waals surface area contributed by atoms with Gasteiger partial charge in [-0.15, -0.1) is 0 Å². The van der Waals surface area contributed by atoms with Crippen LogP contribution in [0.5, 0.6) is 0 Å². The summed E-state index contributed by atoms with van der Waals surface area (Å²) in [5.41, 5.74) is 2.00. The number of rotatable bonds is 5. The molecule has 0 atom stereocenters. The highest BCUT2D eigenvalue weighted by molar-refractivity contribution is 7.91. The van der Waals surface area contributed by atoms with Crippen molar-refractivity contribution < 1.29 is 13.2 Å². The Balaban J connectivity index is 2.38. The molecule has 0 aliphatic rings. The molecule has 148 valence electrons. The fourth-order valence-electron chi connectivity index (χ4n) is 3.31. The maximum atomic E-state index is 13.3. The number of carbonyl (C=O) groups excluding carboxylic acids is 1. The number of hydrogen-bond acceptors (Lipinski definition) is 4. The predicted molar refractivity (Wildman–Crippen MR) is 108 cm³/mol. The van der Waals surface area contributed by atoms with Crippen molar-refractivity contribution in [3.05, 3.63) is 52.4 Å². The van der Waals surface area contributed by atoms with Gasteiger partial charge in [0.2, 0.25) is 15.7 Å². The minimum absolute atomic E-state index is 0.0329. The van der Waals surface area contributed by atoms with Crippen molar-refractivity contribution in [3.8, 4) is 0 Å². The van der Waals surface area contributed by atoms with Crippen LogP contribution in [0.4, 0.5) is 5.69 Å². The first-order valence-electron chi connectivity index (χ1n) is 9.07. The average Bonchev–Trinajstić information content (AvgIpc) is 2.90. The first-order chi connectivity index (χ1) is 13.2. The molecule has 2 aromatic carbocycles. The van der Waals surface area contributed by atoms with Gasteiger partial charge in [-0.3, -0.25) is 13.9 Å². The Hall–Kier alpha value is -2.87. The number of anilines is 1. The van der Waals surface area contributed by atoms with E-state index in [0.29, 0.717) is 24.1 Å². The van der Waals surface area contributed by atoms with Crippen LogP contribution in [0.1, 0.15) is 26.3 Å². The van der Waals surface area contributed by atoms with Gasteiger partial charge >= 0.3 is 5.69 Å². The first-order valence-corrected chi connectivity index (χ1v) is 10.6. The summed E-state index contributed by atoms with van der Waals surface area (Å²) in [7, 11) is -3.90. The molecule has 1 aromatic heterocycles. The lowest BCUT2D eigenvalue weighted by molar-refractivity contribution is -0.114. The smallest absolute Gasteiger partial charge is 0.325 e. The van der Waals surface area contributed by atoms with E-state index in [2.05, 4.69) is 5.32 Å². The largest absolute Gasteiger partial charge is 0.329 e. The summed E-state index contributed by atoms with van der Waals surface area (Å²) in [4.78, 5) is 24.5. The summed E-state index contributed by atoms with van der Waals surface area (Å²) in [6, 6.07) is 9.56. The molecule has 0 aliphatic heterocycles. The third kappa shape index (κ3) is 3.24. The number of carbonyl (C=O) groups is 1. The molecule has 0 saturated heterocycles. The molecule has 0 saturated carbocycles. The van der Waals surface area contributed by atoms with Gasteiger partial charge in [-0.2, -0.15) is 0 Å². The van der Waals surface area contributed by atoms with Crippen LogP contribution in [-0.4, -0.2) is 23.5 Å². The van der Waals surface area contributed by atoms with Crippen LogP contribution in [0, 0.1) is 6.92 Å². The zero-order chi connectivity index (χ0) is 20.6. The summed E-state index contributed by atoms with van der Waals surface area (Å²) in [5.74, 6) is -0.389. The molecule has 8 heteroatoms. The van der Waals surface area contributed by atoms with E-state index in [1.165, 1.54) is 29.7 Å². The monoisotopic (exact) mass is 401 g/mol. The quantitative estimate of drug-likeness (QED) is 0.712. The van der Waals surface area contributed by atoms with Crippen LogP contribution in [0.2, 0.25) is 0 Å². The first kappa shape index (κ1) is 19.9.